The third-order valence-corrected chi connectivity index (χ3v) is 1.77. The third-order valence-electron chi connectivity index (χ3n) is 1.77. The Morgan fingerprint density at radius 1 is 1.29 bits per heavy atom. The predicted octanol–water partition coefficient (Wildman–Crippen LogP) is 1.47. The van der Waals surface area contributed by atoms with E-state index in [9.17, 15) is 9.18 Å². The Kier molecular flexibility index (Phi) is 1.85. The van der Waals surface area contributed by atoms with Gasteiger partial charge in [0.05, 0.1) is 5.52 Å². The highest BCUT2D eigenvalue weighted by Crippen LogP contribution is 2.13. The molecule has 1 aromatic carbocycles. The predicted molar refractivity (Wildman–Crippen MR) is 46.5 cm³/mol. The monoisotopic (exact) mass is 192 g/mol. The molecular formula is C9H5FN2O2. The first-order chi connectivity index (χ1) is 6.66. The molecule has 0 amide bonds. The highest BCUT2D eigenvalue weighted by Gasteiger charge is 2.06. The van der Waals surface area contributed by atoms with Crippen LogP contribution in [0, 0.1) is 5.82 Å². The Labute approximate surface area is 78.0 Å². The normalized spacial score (nSPS) is 10.4. The molecule has 14 heavy (non-hydrogen) atoms. The quantitative estimate of drug-likeness (QED) is 0.743. The lowest BCUT2D eigenvalue weighted by molar-refractivity contribution is 0.0689. The number of rotatable bonds is 1. The van der Waals surface area contributed by atoms with Crippen LogP contribution in [0.4, 0.5) is 4.39 Å². The van der Waals surface area contributed by atoms with Gasteiger partial charge >= 0.3 is 5.97 Å². The summed E-state index contributed by atoms with van der Waals surface area (Å²) in [5.41, 5.74) is 0.277. The Morgan fingerprint density at radius 2 is 2.07 bits per heavy atom. The second-order valence-corrected chi connectivity index (χ2v) is 2.74. The van der Waals surface area contributed by atoms with E-state index in [0.717, 1.165) is 0 Å². The number of hydrogen-bond donors (Lipinski definition) is 1. The minimum Gasteiger partial charge on any atom is -0.476 e. The van der Waals surface area contributed by atoms with Crippen molar-refractivity contribution in [2.75, 3.05) is 0 Å². The van der Waals surface area contributed by atoms with Gasteiger partial charge in [0.1, 0.15) is 5.82 Å². The van der Waals surface area contributed by atoms with Gasteiger partial charge in [-0.2, -0.15) is 0 Å². The summed E-state index contributed by atoms with van der Waals surface area (Å²) in [5, 5.41) is 16.2. The number of benzene rings is 1. The van der Waals surface area contributed by atoms with Crippen LogP contribution >= 0.6 is 0 Å². The molecule has 0 saturated heterocycles. The van der Waals surface area contributed by atoms with Crippen molar-refractivity contribution < 1.29 is 14.3 Å². The molecule has 0 radical (unpaired) electrons. The molecule has 4 nitrogen and oxygen atoms in total. The van der Waals surface area contributed by atoms with Crippen LogP contribution in [-0.4, -0.2) is 21.3 Å². The van der Waals surface area contributed by atoms with Crippen molar-refractivity contribution in [3.05, 3.63) is 35.8 Å². The van der Waals surface area contributed by atoms with Gasteiger partial charge in [0.25, 0.3) is 0 Å². The summed E-state index contributed by atoms with van der Waals surface area (Å²) >= 11 is 0. The minimum absolute atomic E-state index is 0.192. The van der Waals surface area contributed by atoms with E-state index in [1.807, 2.05) is 0 Å². The smallest absolute Gasteiger partial charge is 0.356 e. The average molecular weight is 192 g/mol. The lowest BCUT2D eigenvalue weighted by atomic mass is 10.2. The first kappa shape index (κ1) is 8.55. The van der Waals surface area contributed by atoms with Crippen molar-refractivity contribution in [3.63, 3.8) is 0 Å². The van der Waals surface area contributed by atoms with Crippen molar-refractivity contribution in [1.82, 2.24) is 10.2 Å². The molecular weight excluding hydrogens is 187 g/mol. The Hall–Kier alpha value is -2.04. The van der Waals surface area contributed by atoms with E-state index in [0.29, 0.717) is 10.9 Å². The molecule has 0 aliphatic rings. The molecule has 2 rings (SSSR count). The minimum atomic E-state index is -1.18. The van der Waals surface area contributed by atoms with Crippen LogP contribution in [0.5, 0.6) is 0 Å². The second-order valence-electron chi connectivity index (χ2n) is 2.74. The summed E-state index contributed by atoms with van der Waals surface area (Å²) in [6, 6.07) is 5.20. The number of carboxylic acid groups (broad SMARTS) is 1. The number of fused-ring (bicyclic) bond motifs is 1. The molecule has 0 aliphatic heterocycles. The van der Waals surface area contributed by atoms with Crippen molar-refractivity contribution in [2.24, 2.45) is 0 Å². The lowest BCUT2D eigenvalue weighted by Gasteiger charge is -1.97. The van der Waals surface area contributed by atoms with Crippen molar-refractivity contribution in [2.45, 2.75) is 0 Å². The van der Waals surface area contributed by atoms with Crippen LogP contribution in [0.1, 0.15) is 10.5 Å². The fourth-order valence-corrected chi connectivity index (χ4v) is 1.12. The van der Waals surface area contributed by atoms with E-state index in [4.69, 9.17) is 5.11 Å². The van der Waals surface area contributed by atoms with Gasteiger partial charge in [0.15, 0.2) is 5.69 Å². The first-order valence-corrected chi connectivity index (χ1v) is 3.83. The highest BCUT2D eigenvalue weighted by molar-refractivity contribution is 5.90. The maximum Gasteiger partial charge on any atom is 0.356 e. The molecule has 0 aliphatic carbocycles. The summed E-state index contributed by atoms with van der Waals surface area (Å²) in [5.74, 6) is -1.61. The number of carbonyl (C=O) groups is 1. The van der Waals surface area contributed by atoms with Crippen LogP contribution in [0.15, 0.2) is 24.3 Å². The lowest BCUT2D eigenvalue weighted by Crippen LogP contribution is -2.01. The molecule has 2 aromatic rings. The van der Waals surface area contributed by atoms with Crippen molar-refractivity contribution in [1.29, 1.82) is 0 Å². The molecule has 0 fully saturated rings. The van der Waals surface area contributed by atoms with Gasteiger partial charge in [0, 0.05) is 5.39 Å². The SMILES string of the molecule is O=C(O)c1cc2cc(F)ccc2nn1. The Balaban J connectivity index is 2.69. The maximum absolute atomic E-state index is 12.8. The third kappa shape index (κ3) is 1.39. The summed E-state index contributed by atoms with van der Waals surface area (Å²) in [6.07, 6.45) is 0. The van der Waals surface area contributed by atoms with Crippen LogP contribution in [0.3, 0.4) is 0 Å². The van der Waals surface area contributed by atoms with Gasteiger partial charge in [-0.15, -0.1) is 10.2 Å². The number of carboxylic acids is 1. The van der Waals surface area contributed by atoms with Gasteiger partial charge in [-0.25, -0.2) is 9.18 Å². The molecule has 0 bridgehead atoms. The average Bonchev–Trinajstić information content (AvgIpc) is 2.16. The van der Waals surface area contributed by atoms with E-state index in [2.05, 4.69) is 10.2 Å². The van der Waals surface area contributed by atoms with E-state index in [1.54, 1.807) is 0 Å². The van der Waals surface area contributed by atoms with Gasteiger partial charge in [-0.05, 0) is 24.3 Å². The number of nitrogens with zero attached hydrogens (tertiary/aromatic N) is 2. The Bertz CT molecular complexity index is 513. The molecule has 0 unspecified atom stereocenters. The molecule has 0 atom stereocenters. The molecule has 1 N–H and O–H groups in total. The van der Waals surface area contributed by atoms with Gasteiger partial charge in [0.2, 0.25) is 0 Å². The van der Waals surface area contributed by atoms with E-state index in [-0.39, 0.29) is 5.69 Å². The summed E-state index contributed by atoms with van der Waals surface area (Å²) < 4.78 is 12.8. The highest BCUT2D eigenvalue weighted by atomic mass is 19.1. The zero-order chi connectivity index (χ0) is 10.1. The van der Waals surface area contributed by atoms with E-state index >= 15 is 0 Å². The standard InChI is InChI=1S/C9H5FN2O2/c10-6-1-2-7-5(3-6)4-8(9(13)14)12-11-7/h1-4H,(H,13,14). The van der Waals surface area contributed by atoms with Crippen LogP contribution in [0.2, 0.25) is 0 Å². The topological polar surface area (TPSA) is 63.1 Å². The fourth-order valence-electron chi connectivity index (χ4n) is 1.12. The van der Waals surface area contributed by atoms with E-state index in [1.165, 1.54) is 24.3 Å². The van der Waals surface area contributed by atoms with Gasteiger partial charge in [-0.3, -0.25) is 0 Å². The number of aromatic carboxylic acids is 1. The summed E-state index contributed by atoms with van der Waals surface area (Å²) in [7, 11) is 0. The largest absolute Gasteiger partial charge is 0.476 e. The van der Waals surface area contributed by atoms with Crippen LogP contribution in [-0.2, 0) is 0 Å². The van der Waals surface area contributed by atoms with Gasteiger partial charge < -0.3 is 5.11 Å². The van der Waals surface area contributed by atoms with Crippen molar-refractivity contribution in [3.8, 4) is 0 Å². The number of aromatic nitrogens is 2. The molecule has 5 heteroatoms. The maximum atomic E-state index is 12.8. The van der Waals surface area contributed by atoms with Crippen LogP contribution < -0.4 is 0 Å². The van der Waals surface area contributed by atoms with Crippen molar-refractivity contribution >= 4 is 16.9 Å². The molecule has 0 spiro atoms. The summed E-state index contributed by atoms with van der Waals surface area (Å²) in [6.45, 7) is 0. The first-order valence-electron chi connectivity index (χ1n) is 3.83. The molecule has 0 saturated carbocycles. The van der Waals surface area contributed by atoms with E-state index < -0.39 is 11.8 Å². The zero-order valence-corrected chi connectivity index (χ0v) is 6.94. The summed E-state index contributed by atoms with van der Waals surface area (Å²) in [4.78, 5) is 10.5. The number of halogens is 1. The fraction of sp³-hybridized carbons (Fsp3) is 0. The molecule has 70 valence electrons. The van der Waals surface area contributed by atoms with Gasteiger partial charge in [-0.1, -0.05) is 0 Å². The van der Waals surface area contributed by atoms with Crippen LogP contribution in [0.25, 0.3) is 10.9 Å². The second kappa shape index (κ2) is 3.02. The molecule has 1 aromatic heterocycles. The number of hydrogen-bond acceptors (Lipinski definition) is 3. The molecule has 1 heterocycles. The Morgan fingerprint density at radius 3 is 2.79 bits per heavy atom. The zero-order valence-electron chi connectivity index (χ0n) is 6.94.